The number of likely N-dealkylation sites (N-methyl/N-ethyl adjacent to an activating group) is 1. The fourth-order valence-corrected chi connectivity index (χ4v) is 4.40. The first kappa shape index (κ1) is 20.9. The molecule has 1 fully saturated rings. The number of nitriles is 1. The Bertz CT molecular complexity index is 832. The highest BCUT2D eigenvalue weighted by molar-refractivity contribution is 7.88. The fraction of sp³-hybridized carbons (Fsp3) is 0.647. The molecule has 1 aliphatic carbocycles. The summed E-state index contributed by atoms with van der Waals surface area (Å²) in [5.41, 5.74) is 0.0772. The molecule has 2 rings (SSSR count). The molecule has 0 unspecified atom stereocenters. The van der Waals surface area contributed by atoms with Gasteiger partial charge in [-0.05, 0) is 26.7 Å². The van der Waals surface area contributed by atoms with E-state index in [9.17, 15) is 23.3 Å². The molecular formula is C17H24N4O5S. The minimum absolute atomic E-state index is 0.204. The lowest BCUT2D eigenvalue weighted by Crippen LogP contribution is -2.51. The van der Waals surface area contributed by atoms with Crippen LogP contribution in [0, 0.1) is 11.3 Å². The zero-order chi connectivity index (χ0) is 20.2. The van der Waals surface area contributed by atoms with E-state index in [-0.39, 0.29) is 12.1 Å². The summed E-state index contributed by atoms with van der Waals surface area (Å²) in [6, 6.07) is 2.25. The number of allylic oxidation sites excluding steroid dienone is 1. The molecule has 1 aliphatic heterocycles. The van der Waals surface area contributed by atoms with Crippen molar-refractivity contribution >= 4 is 27.8 Å². The topological polar surface area (TPSA) is 129 Å². The first-order valence-electron chi connectivity index (χ1n) is 8.73. The Morgan fingerprint density at radius 2 is 1.93 bits per heavy atom. The van der Waals surface area contributed by atoms with Crippen LogP contribution >= 0.6 is 0 Å². The number of carbonyl (C=O) groups excluding carboxylic acids is 2. The third kappa shape index (κ3) is 4.86. The van der Waals surface area contributed by atoms with Gasteiger partial charge in [0.15, 0.2) is 6.61 Å². The van der Waals surface area contributed by atoms with Gasteiger partial charge in [-0.2, -0.15) is 13.7 Å². The zero-order valence-corrected chi connectivity index (χ0v) is 16.6. The summed E-state index contributed by atoms with van der Waals surface area (Å²) >= 11 is 0. The van der Waals surface area contributed by atoms with Crippen LogP contribution in [0.15, 0.2) is 15.7 Å². The summed E-state index contributed by atoms with van der Waals surface area (Å²) in [5, 5.41) is 9.53. The predicted octanol–water partition coefficient (Wildman–Crippen LogP) is 1.19. The van der Waals surface area contributed by atoms with Crippen LogP contribution in [0.1, 0.15) is 52.4 Å². The van der Waals surface area contributed by atoms with Crippen molar-refractivity contribution in [1.29, 1.82) is 5.26 Å². The van der Waals surface area contributed by atoms with Crippen LogP contribution in [0.3, 0.4) is 0 Å². The molecule has 1 saturated carbocycles. The molecule has 9 nitrogen and oxygen atoms in total. The molecule has 0 aromatic carbocycles. The zero-order valence-electron chi connectivity index (χ0n) is 15.7. The van der Waals surface area contributed by atoms with E-state index in [0.717, 1.165) is 19.3 Å². The van der Waals surface area contributed by atoms with E-state index < -0.39 is 34.2 Å². The maximum absolute atomic E-state index is 12.4. The minimum atomic E-state index is -3.77. The second-order valence-corrected chi connectivity index (χ2v) is 8.19. The number of hydrogen-bond donors (Lipinski definition) is 1. The SMILES string of the molecule is CC1=NS(=O)(=O)NC(C)=C1CC(=O)OCC(=O)N(C)C1(C#N)CCCCC1. The summed E-state index contributed by atoms with van der Waals surface area (Å²) in [6.07, 6.45) is 3.83. The van der Waals surface area contributed by atoms with Crippen LogP contribution in [0.2, 0.25) is 0 Å². The van der Waals surface area contributed by atoms with Crippen molar-refractivity contribution in [3.8, 4) is 6.07 Å². The van der Waals surface area contributed by atoms with Gasteiger partial charge in [0.25, 0.3) is 5.91 Å². The quantitative estimate of drug-likeness (QED) is 0.695. The second-order valence-electron chi connectivity index (χ2n) is 6.85. The van der Waals surface area contributed by atoms with Gasteiger partial charge in [0.2, 0.25) is 0 Å². The second kappa shape index (κ2) is 8.08. The smallest absolute Gasteiger partial charge is 0.342 e. The van der Waals surface area contributed by atoms with E-state index in [1.807, 2.05) is 0 Å². The molecule has 148 valence electrons. The van der Waals surface area contributed by atoms with Crippen molar-refractivity contribution in [2.75, 3.05) is 13.7 Å². The van der Waals surface area contributed by atoms with Gasteiger partial charge >= 0.3 is 16.2 Å². The molecule has 1 amide bonds. The van der Waals surface area contributed by atoms with Gasteiger partial charge in [0.1, 0.15) is 5.54 Å². The molecule has 0 saturated heterocycles. The molecule has 1 N–H and O–H groups in total. The average molecular weight is 396 g/mol. The number of rotatable bonds is 5. The summed E-state index contributed by atoms with van der Waals surface area (Å²) in [4.78, 5) is 25.9. The molecular weight excluding hydrogens is 372 g/mol. The Hall–Kier alpha value is -2.41. The van der Waals surface area contributed by atoms with Crippen LogP contribution < -0.4 is 4.72 Å². The normalized spacial score (nSPS) is 20.7. The van der Waals surface area contributed by atoms with Crippen molar-refractivity contribution in [2.45, 2.75) is 57.9 Å². The van der Waals surface area contributed by atoms with E-state index in [4.69, 9.17) is 4.74 Å². The van der Waals surface area contributed by atoms with Gasteiger partial charge < -0.3 is 9.64 Å². The van der Waals surface area contributed by atoms with Crippen LogP contribution in [-0.2, 0) is 24.5 Å². The molecule has 0 atom stereocenters. The van der Waals surface area contributed by atoms with Crippen LogP contribution in [-0.4, -0.2) is 50.1 Å². The number of nitrogens with zero attached hydrogens (tertiary/aromatic N) is 3. The number of amides is 1. The summed E-state index contributed by atoms with van der Waals surface area (Å²) < 4.78 is 33.7. The maximum Gasteiger partial charge on any atom is 0.342 e. The van der Waals surface area contributed by atoms with Crippen LogP contribution in [0.4, 0.5) is 0 Å². The Kier molecular flexibility index (Phi) is 6.26. The molecule has 0 aromatic rings. The highest BCUT2D eigenvalue weighted by Crippen LogP contribution is 2.32. The molecule has 27 heavy (non-hydrogen) atoms. The number of hydrogen-bond acceptors (Lipinski definition) is 6. The Balaban J connectivity index is 1.95. The van der Waals surface area contributed by atoms with E-state index in [2.05, 4.69) is 15.2 Å². The van der Waals surface area contributed by atoms with Crippen molar-refractivity contribution < 1.29 is 22.7 Å². The van der Waals surface area contributed by atoms with Gasteiger partial charge in [-0.25, -0.2) is 0 Å². The number of carbonyl (C=O) groups is 2. The number of nitrogens with one attached hydrogen (secondary N) is 1. The summed E-state index contributed by atoms with van der Waals surface area (Å²) in [7, 11) is -2.21. The van der Waals surface area contributed by atoms with Crippen LogP contribution in [0.5, 0.6) is 0 Å². The Labute approximate surface area is 159 Å². The van der Waals surface area contributed by atoms with E-state index in [1.165, 1.54) is 18.7 Å². The van der Waals surface area contributed by atoms with Crippen molar-refractivity contribution in [1.82, 2.24) is 9.62 Å². The lowest BCUT2D eigenvalue weighted by Gasteiger charge is -2.38. The first-order chi connectivity index (χ1) is 12.6. The lowest BCUT2D eigenvalue weighted by atomic mass is 9.81. The molecule has 0 bridgehead atoms. The van der Waals surface area contributed by atoms with E-state index in [0.29, 0.717) is 24.1 Å². The third-order valence-corrected chi connectivity index (χ3v) is 6.09. The van der Waals surface area contributed by atoms with E-state index in [1.54, 1.807) is 7.05 Å². The van der Waals surface area contributed by atoms with Crippen molar-refractivity contribution in [3.63, 3.8) is 0 Å². The van der Waals surface area contributed by atoms with Gasteiger partial charge in [-0.1, -0.05) is 19.3 Å². The average Bonchev–Trinajstić information content (AvgIpc) is 2.61. The summed E-state index contributed by atoms with van der Waals surface area (Å²) in [5.74, 6) is -1.11. The van der Waals surface area contributed by atoms with Gasteiger partial charge in [0.05, 0.1) is 18.2 Å². The van der Waals surface area contributed by atoms with E-state index >= 15 is 0 Å². The molecule has 1 heterocycles. The fourth-order valence-electron chi connectivity index (χ4n) is 3.38. The molecule has 0 spiro atoms. The van der Waals surface area contributed by atoms with Crippen molar-refractivity contribution in [2.24, 2.45) is 4.40 Å². The minimum Gasteiger partial charge on any atom is -0.455 e. The maximum atomic E-state index is 12.4. The number of ether oxygens (including phenoxy) is 1. The molecule has 0 radical (unpaired) electrons. The lowest BCUT2D eigenvalue weighted by molar-refractivity contribution is -0.153. The monoisotopic (exact) mass is 396 g/mol. The summed E-state index contributed by atoms with van der Waals surface area (Å²) in [6.45, 7) is 2.55. The highest BCUT2D eigenvalue weighted by Gasteiger charge is 2.39. The number of esters is 1. The van der Waals surface area contributed by atoms with Crippen LogP contribution in [0.25, 0.3) is 0 Å². The molecule has 2 aliphatic rings. The Morgan fingerprint density at radius 3 is 2.48 bits per heavy atom. The molecule has 0 aromatic heterocycles. The third-order valence-electron chi connectivity index (χ3n) is 5.01. The Morgan fingerprint density at radius 1 is 1.30 bits per heavy atom. The first-order valence-corrected chi connectivity index (χ1v) is 10.2. The molecule has 10 heteroatoms. The standard InChI is InChI=1S/C17H24N4O5S/c1-12-14(13(2)20-27(24,25)19-12)9-16(23)26-10-15(22)21(3)17(11-18)7-5-4-6-8-17/h19H,4-10H2,1-3H3. The largest absolute Gasteiger partial charge is 0.455 e. The predicted molar refractivity (Wildman–Crippen MR) is 97.6 cm³/mol. The highest BCUT2D eigenvalue weighted by atomic mass is 32.2. The van der Waals surface area contributed by atoms with Gasteiger partial charge in [-0.3, -0.25) is 14.3 Å². The van der Waals surface area contributed by atoms with Gasteiger partial charge in [0, 0.05) is 18.3 Å². The van der Waals surface area contributed by atoms with Crippen molar-refractivity contribution in [3.05, 3.63) is 11.3 Å². The van der Waals surface area contributed by atoms with Gasteiger partial charge in [-0.15, -0.1) is 4.40 Å².